The van der Waals surface area contributed by atoms with Gasteiger partial charge in [-0.15, -0.1) is 0 Å². The molecule has 1 aromatic heterocycles. The average Bonchev–Trinajstić information content (AvgIpc) is 3.38. The van der Waals surface area contributed by atoms with Gasteiger partial charge in [-0.25, -0.2) is 4.98 Å². The van der Waals surface area contributed by atoms with E-state index in [1.54, 1.807) is 19.4 Å². The van der Waals surface area contributed by atoms with Crippen molar-refractivity contribution in [2.45, 2.75) is 32.7 Å². The Hall–Kier alpha value is -3.61. The van der Waals surface area contributed by atoms with E-state index in [1.807, 2.05) is 48.2 Å². The maximum atomic E-state index is 12.7. The molecule has 0 radical (unpaired) electrons. The van der Waals surface area contributed by atoms with Crippen molar-refractivity contribution in [2.75, 3.05) is 19.0 Å². The fourth-order valence-electron chi connectivity index (χ4n) is 3.79. The molecule has 160 valence electrons. The third-order valence-electron chi connectivity index (χ3n) is 5.46. The molecule has 7 heteroatoms. The SMILES string of the molecule is COc1cc(Cc2cnc(NC(=O)c3cccc(CN4CCCC4=O)c3)[nH]2)ccc1C. The van der Waals surface area contributed by atoms with E-state index in [0.717, 1.165) is 41.1 Å². The van der Waals surface area contributed by atoms with E-state index in [4.69, 9.17) is 4.74 Å². The smallest absolute Gasteiger partial charge is 0.257 e. The third-order valence-corrected chi connectivity index (χ3v) is 5.46. The number of aromatic nitrogens is 2. The minimum Gasteiger partial charge on any atom is -0.496 e. The van der Waals surface area contributed by atoms with Gasteiger partial charge in [-0.3, -0.25) is 14.9 Å². The summed E-state index contributed by atoms with van der Waals surface area (Å²) in [5, 5.41) is 2.81. The Labute approximate surface area is 181 Å². The monoisotopic (exact) mass is 418 g/mol. The molecular weight excluding hydrogens is 392 g/mol. The topological polar surface area (TPSA) is 87.3 Å². The number of likely N-dealkylation sites (tertiary alicyclic amines) is 1. The Morgan fingerprint density at radius 2 is 2.10 bits per heavy atom. The fraction of sp³-hybridized carbons (Fsp3) is 0.292. The largest absolute Gasteiger partial charge is 0.496 e. The Bertz CT molecular complexity index is 1110. The molecule has 0 aliphatic carbocycles. The van der Waals surface area contributed by atoms with Crippen molar-refractivity contribution < 1.29 is 14.3 Å². The van der Waals surface area contributed by atoms with Gasteiger partial charge in [-0.1, -0.05) is 24.3 Å². The molecule has 0 spiro atoms. The highest BCUT2D eigenvalue weighted by molar-refractivity contribution is 6.03. The van der Waals surface area contributed by atoms with Crippen molar-refractivity contribution in [3.8, 4) is 5.75 Å². The molecule has 1 aliphatic heterocycles. The Kier molecular flexibility index (Phi) is 6.02. The molecular formula is C24H26N4O3. The Morgan fingerprint density at radius 1 is 1.23 bits per heavy atom. The van der Waals surface area contributed by atoms with Crippen LogP contribution in [0.3, 0.4) is 0 Å². The van der Waals surface area contributed by atoms with E-state index in [1.165, 1.54) is 0 Å². The van der Waals surface area contributed by atoms with Gasteiger partial charge in [-0.2, -0.15) is 0 Å². The van der Waals surface area contributed by atoms with Crippen molar-refractivity contribution in [1.29, 1.82) is 0 Å². The molecule has 1 saturated heterocycles. The van der Waals surface area contributed by atoms with E-state index in [9.17, 15) is 9.59 Å². The number of hydrogen-bond acceptors (Lipinski definition) is 4. The first-order valence-corrected chi connectivity index (χ1v) is 10.4. The van der Waals surface area contributed by atoms with E-state index in [2.05, 4.69) is 15.3 Å². The van der Waals surface area contributed by atoms with E-state index < -0.39 is 0 Å². The number of aromatic amines is 1. The van der Waals surface area contributed by atoms with E-state index >= 15 is 0 Å². The van der Waals surface area contributed by atoms with Crippen LogP contribution < -0.4 is 10.1 Å². The van der Waals surface area contributed by atoms with Crippen LogP contribution in [0.5, 0.6) is 5.75 Å². The van der Waals surface area contributed by atoms with Crippen molar-refractivity contribution in [2.24, 2.45) is 0 Å². The van der Waals surface area contributed by atoms with Gasteiger partial charge in [0.2, 0.25) is 11.9 Å². The van der Waals surface area contributed by atoms with Crippen LogP contribution >= 0.6 is 0 Å². The summed E-state index contributed by atoms with van der Waals surface area (Å²) in [5.74, 6) is 1.18. The summed E-state index contributed by atoms with van der Waals surface area (Å²) >= 11 is 0. The van der Waals surface area contributed by atoms with Gasteiger partial charge in [0.25, 0.3) is 5.91 Å². The second-order valence-corrected chi connectivity index (χ2v) is 7.81. The number of imidazole rings is 1. The summed E-state index contributed by atoms with van der Waals surface area (Å²) in [6.45, 7) is 3.31. The van der Waals surface area contributed by atoms with Crippen molar-refractivity contribution in [3.63, 3.8) is 0 Å². The third kappa shape index (κ3) is 4.94. The fourth-order valence-corrected chi connectivity index (χ4v) is 3.79. The maximum Gasteiger partial charge on any atom is 0.257 e. The number of methoxy groups -OCH3 is 1. The highest BCUT2D eigenvalue weighted by Gasteiger charge is 2.20. The van der Waals surface area contributed by atoms with Crippen LogP contribution in [0.1, 0.15) is 45.6 Å². The molecule has 7 nitrogen and oxygen atoms in total. The van der Waals surface area contributed by atoms with Crippen LogP contribution in [-0.4, -0.2) is 40.3 Å². The second-order valence-electron chi connectivity index (χ2n) is 7.81. The highest BCUT2D eigenvalue weighted by atomic mass is 16.5. The number of rotatable bonds is 7. The number of amides is 2. The lowest BCUT2D eigenvalue weighted by Gasteiger charge is -2.15. The number of carbonyl (C=O) groups is 2. The van der Waals surface area contributed by atoms with Crippen LogP contribution in [-0.2, 0) is 17.8 Å². The molecule has 0 saturated carbocycles. The zero-order valence-corrected chi connectivity index (χ0v) is 17.8. The maximum absolute atomic E-state index is 12.7. The van der Waals surface area contributed by atoms with Crippen LogP contribution in [0.15, 0.2) is 48.7 Å². The lowest BCUT2D eigenvalue weighted by Crippen LogP contribution is -2.24. The Morgan fingerprint density at radius 3 is 2.87 bits per heavy atom. The van der Waals surface area contributed by atoms with Gasteiger partial charge in [0, 0.05) is 37.2 Å². The molecule has 0 bridgehead atoms. The molecule has 2 aromatic carbocycles. The van der Waals surface area contributed by atoms with Crippen LogP contribution in [0.4, 0.5) is 5.95 Å². The standard InChI is InChI=1S/C24H26N4O3/c1-16-8-9-17(13-21(16)31-2)12-20-14-25-24(26-20)27-23(30)19-6-3-5-18(11-19)15-28-10-4-7-22(28)29/h3,5-6,8-9,11,13-14H,4,7,10,12,15H2,1-2H3,(H2,25,26,27,30). The van der Waals surface area contributed by atoms with Gasteiger partial charge < -0.3 is 14.6 Å². The summed E-state index contributed by atoms with van der Waals surface area (Å²) in [4.78, 5) is 33.8. The summed E-state index contributed by atoms with van der Waals surface area (Å²) in [6.07, 6.45) is 3.88. The van der Waals surface area contributed by atoms with Gasteiger partial charge in [-0.05, 0) is 48.2 Å². The first kappa shape index (κ1) is 20.7. The number of carbonyl (C=O) groups excluding carboxylic acids is 2. The number of aryl methyl sites for hydroxylation is 1. The van der Waals surface area contributed by atoms with E-state index in [-0.39, 0.29) is 11.8 Å². The summed E-state index contributed by atoms with van der Waals surface area (Å²) in [6, 6.07) is 13.4. The van der Waals surface area contributed by atoms with E-state index in [0.29, 0.717) is 30.9 Å². The zero-order chi connectivity index (χ0) is 21.8. The predicted octanol–water partition coefficient (Wildman–Crippen LogP) is 3.69. The van der Waals surface area contributed by atoms with Gasteiger partial charge in [0.15, 0.2) is 0 Å². The number of hydrogen-bond donors (Lipinski definition) is 2. The van der Waals surface area contributed by atoms with Gasteiger partial charge in [0.05, 0.1) is 13.3 Å². The molecule has 1 aliphatic rings. The van der Waals surface area contributed by atoms with Crippen molar-refractivity contribution in [1.82, 2.24) is 14.9 Å². The molecule has 31 heavy (non-hydrogen) atoms. The number of nitrogens with zero attached hydrogens (tertiary/aromatic N) is 2. The molecule has 1 fully saturated rings. The molecule has 3 aromatic rings. The number of benzene rings is 2. The first-order valence-electron chi connectivity index (χ1n) is 10.4. The predicted molar refractivity (Wildman–Crippen MR) is 118 cm³/mol. The minimum atomic E-state index is -0.243. The quantitative estimate of drug-likeness (QED) is 0.613. The van der Waals surface area contributed by atoms with Crippen LogP contribution in [0.25, 0.3) is 0 Å². The number of ether oxygens (including phenoxy) is 1. The Balaban J connectivity index is 1.40. The average molecular weight is 418 g/mol. The van der Waals surface area contributed by atoms with Gasteiger partial charge >= 0.3 is 0 Å². The summed E-state index contributed by atoms with van der Waals surface area (Å²) in [5.41, 5.74) is 4.54. The van der Waals surface area contributed by atoms with Crippen molar-refractivity contribution in [3.05, 3.63) is 76.6 Å². The van der Waals surface area contributed by atoms with Crippen LogP contribution in [0.2, 0.25) is 0 Å². The normalized spacial score (nSPS) is 13.5. The first-order chi connectivity index (χ1) is 15.0. The number of anilines is 1. The number of nitrogens with one attached hydrogen (secondary N) is 2. The lowest BCUT2D eigenvalue weighted by atomic mass is 10.1. The molecule has 4 rings (SSSR count). The van der Waals surface area contributed by atoms with Crippen LogP contribution in [0, 0.1) is 6.92 Å². The second kappa shape index (κ2) is 9.04. The molecule has 0 unspecified atom stereocenters. The lowest BCUT2D eigenvalue weighted by molar-refractivity contribution is -0.128. The minimum absolute atomic E-state index is 0.171. The summed E-state index contributed by atoms with van der Waals surface area (Å²) in [7, 11) is 1.66. The summed E-state index contributed by atoms with van der Waals surface area (Å²) < 4.78 is 5.38. The zero-order valence-electron chi connectivity index (χ0n) is 17.8. The number of H-pyrrole nitrogens is 1. The molecule has 0 atom stereocenters. The molecule has 2 amide bonds. The molecule has 2 heterocycles. The van der Waals surface area contributed by atoms with Gasteiger partial charge in [0.1, 0.15) is 5.75 Å². The molecule has 2 N–H and O–H groups in total. The highest BCUT2D eigenvalue weighted by Crippen LogP contribution is 2.21. The van der Waals surface area contributed by atoms with Crippen molar-refractivity contribution >= 4 is 17.8 Å².